The quantitative estimate of drug-likeness (QED) is 0.598. The number of amides is 1. The average molecular weight is 363 g/mol. The number of aromatic nitrogens is 3. The summed E-state index contributed by atoms with van der Waals surface area (Å²) >= 11 is 0. The number of benzene rings is 1. The zero-order chi connectivity index (χ0) is 18.9. The van der Waals surface area contributed by atoms with Crippen molar-refractivity contribution in [1.29, 1.82) is 0 Å². The monoisotopic (exact) mass is 363 g/mol. The van der Waals surface area contributed by atoms with Crippen LogP contribution < -0.4 is 15.4 Å². The van der Waals surface area contributed by atoms with Crippen LogP contribution in [0.1, 0.15) is 28.9 Å². The highest BCUT2D eigenvalue weighted by atomic mass is 16.5. The van der Waals surface area contributed by atoms with Gasteiger partial charge in [0, 0.05) is 37.7 Å². The third-order valence-electron chi connectivity index (χ3n) is 3.84. The lowest BCUT2D eigenvalue weighted by Gasteiger charge is -2.14. The van der Waals surface area contributed by atoms with Gasteiger partial charge in [-0.1, -0.05) is 30.3 Å². The Morgan fingerprint density at radius 3 is 2.59 bits per heavy atom. The SMILES string of the molecule is C[C@@H](Oc1ccc(C(=O)NCCNc2cnccn2)cn1)c1ccccc1. The molecule has 0 spiro atoms. The first-order valence-corrected chi connectivity index (χ1v) is 8.68. The van der Waals surface area contributed by atoms with Gasteiger partial charge in [0.05, 0.1) is 11.8 Å². The summed E-state index contributed by atoms with van der Waals surface area (Å²) in [6.07, 6.45) is 6.23. The van der Waals surface area contributed by atoms with Crippen LogP contribution in [0.25, 0.3) is 0 Å². The van der Waals surface area contributed by atoms with Gasteiger partial charge in [0.15, 0.2) is 0 Å². The minimum absolute atomic E-state index is 0.120. The summed E-state index contributed by atoms with van der Waals surface area (Å²) in [5.74, 6) is 0.959. The summed E-state index contributed by atoms with van der Waals surface area (Å²) in [6, 6.07) is 13.3. The van der Waals surface area contributed by atoms with Crippen molar-refractivity contribution in [3.8, 4) is 5.88 Å². The van der Waals surface area contributed by atoms with Gasteiger partial charge in [0.2, 0.25) is 5.88 Å². The molecule has 138 valence electrons. The van der Waals surface area contributed by atoms with Gasteiger partial charge in [-0.05, 0) is 18.6 Å². The number of hydrogen-bond acceptors (Lipinski definition) is 6. The lowest BCUT2D eigenvalue weighted by molar-refractivity contribution is 0.0954. The Hall–Kier alpha value is -3.48. The molecule has 27 heavy (non-hydrogen) atoms. The number of hydrogen-bond donors (Lipinski definition) is 2. The molecule has 1 amide bonds. The average Bonchev–Trinajstić information content (AvgIpc) is 2.73. The van der Waals surface area contributed by atoms with Gasteiger partial charge in [-0.3, -0.25) is 9.78 Å². The van der Waals surface area contributed by atoms with E-state index in [9.17, 15) is 4.79 Å². The van der Waals surface area contributed by atoms with Crippen molar-refractivity contribution in [3.63, 3.8) is 0 Å². The Morgan fingerprint density at radius 1 is 1.04 bits per heavy atom. The molecule has 2 N–H and O–H groups in total. The van der Waals surface area contributed by atoms with Crippen LogP contribution >= 0.6 is 0 Å². The Morgan fingerprint density at radius 2 is 1.89 bits per heavy atom. The van der Waals surface area contributed by atoms with Gasteiger partial charge in [-0.2, -0.15) is 0 Å². The summed E-state index contributed by atoms with van der Waals surface area (Å²) in [4.78, 5) is 24.4. The van der Waals surface area contributed by atoms with E-state index in [0.717, 1.165) is 5.56 Å². The second-order valence-corrected chi connectivity index (χ2v) is 5.83. The molecule has 0 aliphatic rings. The molecule has 3 aromatic rings. The maximum absolute atomic E-state index is 12.2. The fourth-order valence-electron chi connectivity index (χ4n) is 2.42. The van der Waals surface area contributed by atoms with Gasteiger partial charge >= 0.3 is 0 Å². The summed E-state index contributed by atoms with van der Waals surface area (Å²) in [6.45, 7) is 2.97. The van der Waals surface area contributed by atoms with Crippen LogP contribution in [-0.4, -0.2) is 33.9 Å². The zero-order valence-electron chi connectivity index (χ0n) is 15.0. The van der Waals surface area contributed by atoms with E-state index in [1.54, 1.807) is 30.7 Å². The molecule has 0 fully saturated rings. The first-order valence-electron chi connectivity index (χ1n) is 8.68. The van der Waals surface area contributed by atoms with E-state index in [2.05, 4.69) is 25.6 Å². The van der Waals surface area contributed by atoms with E-state index in [4.69, 9.17) is 4.74 Å². The molecule has 0 aliphatic carbocycles. The number of nitrogens with zero attached hydrogens (tertiary/aromatic N) is 3. The number of carbonyl (C=O) groups is 1. The molecule has 2 aromatic heterocycles. The van der Waals surface area contributed by atoms with Crippen LogP contribution in [-0.2, 0) is 0 Å². The highest BCUT2D eigenvalue weighted by Gasteiger charge is 2.09. The van der Waals surface area contributed by atoms with Crippen LogP contribution in [0.3, 0.4) is 0 Å². The second kappa shape index (κ2) is 9.28. The highest BCUT2D eigenvalue weighted by Crippen LogP contribution is 2.19. The number of rotatable bonds is 8. The molecule has 7 nitrogen and oxygen atoms in total. The number of nitrogens with one attached hydrogen (secondary N) is 2. The van der Waals surface area contributed by atoms with E-state index in [1.807, 2.05) is 37.3 Å². The maximum Gasteiger partial charge on any atom is 0.252 e. The van der Waals surface area contributed by atoms with Crippen molar-refractivity contribution < 1.29 is 9.53 Å². The third kappa shape index (κ3) is 5.50. The number of pyridine rings is 1. The van der Waals surface area contributed by atoms with E-state index in [0.29, 0.717) is 30.4 Å². The minimum Gasteiger partial charge on any atom is -0.470 e. The number of anilines is 1. The predicted molar refractivity (Wildman–Crippen MR) is 103 cm³/mol. The molecule has 1 atom stereocenters. The van der Waals surface area contributed by atoms with Crippen LogP contribution in [0.15, 0.2) is 67.3 Å². The van der Waals surface area contributed by atoms with Crippen molar-refractivity contribution in [2.45, 2.75) is 13.0 Å². The molecule has 1 aromatic carbocycles. The molecular formula is C20H21N5O2. The molecular weight excluding hydrogens is 342 g/mol. The Kier molecular flexibility index (Phi) is 6.30. The maximum atomic E-state index is 12.2. The lowest BCUT2D eigenvalue weighted by Crippen LogP contribution is -2.29. The first-order chi connectivity index (χ1) is 13.2. The molecule has 0 saturated carbocycles. The van der Waals surface area contributed by atoms with Crippen molar-refractivity contribution in [2.75, 3.05) is 18.4 Å². The van der Waals surface area contributed by atoms with Gasteiger partial charge in [-0.25, -0.2) is 9.97 Å². The normalized spacial score (nSPS) is 11.4. The zero-order valence-corrected chi connectivity index (χ0v) is 15.0. The van der Waals surface area contributed by atoms with E-state index < -0.39 is 0 Å². The molecule has 0 radical (unpaired) electrons. The third-order valence-corrected chi connectivity index (χ3v) is 3.84. The molecule has 0 aliphatic heterocycles. The predicted octanol–water partition coefficient (Wildman–Crippen LogP) is 2.85. The first kappa shape index (κ1) is 18.3. The Labute approximate surface area is 157 Å². The van der Waals surface area contributed by atoms with E-state index in [-0.39, 0.29) is 12.0 Å². The van der Waals surface area contributed by atoms with Gasteiger partial charge < -0.3 is 15.4 Å². The topological polar surface area (TPSA) is 89.0 Å². The smallest absolute Gasteiger partial charge is 0.252 e. The minimum atomic E-state index is -0.189. The van der Waals surface area contributed by atoms with Crippen molar-refractivity contribution in [1.82, 2.24) is 20.3 Å². The Balaban J connectivity index is 1.45. The molecule has 0 saturated heterocycles. The summed E-state index contributed by atoms with van der Waals surface area (Å²) in [5.41, 5.74) is 1.55. The van der Waals surface area contributed by atoms with Crippen LogP contribution in [0.4, 0.5) is 5.82 Å². The summed E-state index contributed by atoms with van der Waals surface area (Å²) in [5, 5.41) is 5.90. The van der Waals surface area contributed by atoms with Crippen LogP contribution in [0, 0.1) is 0 Å². The fraction of sp³-hybridized carbons (Fsp3) is 0.200. The number of carbonyl (C=O) groups excluding carboxylic acids is 1. The van der Waals surface area contributed by atoms with Gasteiger partial charge in [-0.15, -0.1) is 0 Å². The van der Waals surface area contributed by atoms with Gasteiger partial charge in [0.25, 0.3) is 5.91 Å². The van der Waals surface area contributed by atoms with Gasteiger partial charge in [0.1, 0.15) is 11.9 Å². The molecule has 0 unspecified atom stereocenters. The van der Waals surface area contributed by atoms with Crippen LogP contribution in [0.2, 0.25) is 0 Å². The second-order valence-electron chi connectivity index (χ2n) is 5.83. The van der Waals surface area contributed by atoms with E-state index in [1.165, 1.54) is 6.20 Å². The Bertz CT molecular complexity index is 841. The van der Waals surface area contributed by atoms with Crippen molar-refractivity contribution in [2.24, 2.45) is 0 Å². The summed E-state index contributed by atoms with van der Waals surface area (Å²) < 4.78 is 5.82. The molecule has 0 bridgehead atoms. The molecule has 2 heterocycles. The summed E-state index contributed by atoms with van der Waals surface area (Å²) in [7, 11) is 0. The van der Waals surface area contributed by atoms with E-state index >= 15 is 0 Å². The lowest BCUT2D eigenvalue weighted by atomic mass is 10.1. The fourth-order valence-corrected chi connectivity index (χ4v) is 2.42. The largest absolute Gasteiger partial charge is 0.470 e. The molecule has 7 heteroatoms. The molecule has 3 rings (SSSR count). The number of ether oxygens (including phenoxy) is 1. The van der Waals surface area contributed by atoms with Crippen molar-refractivity contribution >= 4 is 11.7 Å². The van der Waals surface area contributed by atoms with Crippen LogP contribution in [0.5, 0.6) is 5.88 Å². The standard InChI is InChI=1S/C20H21N5O2/c1-15(16-5-3-2-4-6-16)27-19-8-7-17(13-25-19)20(26)24-12-11-23-18-14-21-9-10-22-18/h2-10,13-15H,11-12H2,1H3,(H,22,23)(H,24,26)/t15-/m1/s1. The van der Waals surface area contributed by atoms with Crippen molar-refractivity contribution in [3.05, 3.63) is 78.4 Å². The highest BCUT2D eigenvalue weighted by molar-refractivity contribution is 5.93.